The van der Waals surface area contributed by atoms with Gasteiger partial charge in [0.1, 0.15) is 0 Å². The maximum Gasteiger partial charge on any atom is 0.229 e. The summed E-state index contributed by atoms with van der Waals surface area (Å²) in [7, 11) is -3.26. The SMILES string of the molecule is Cc1ccc(-c2ccc(NS(C)(=O)=O)cc2)cc1Nc1ccccc1. The largest absolute Gasteiger partial charge is 0.355 e. The molecule has 0 spiro atoms. The van der Waals surface area contributed by atoms with Crippen LogP contribution in [0.3, 0.4) is 0 Å². The molecule has 0 saturated carbocycles. The van der Waals surface area contributed by atoms with Gasteiger partial charge in [-0.2, -0.15) is 0 Å². The summed E-state index contributed by atoms with van der Waals surface area (Å²) >= 11 is 0. The second kappa shape index (κ2) is 6.99. The van der Waals surface area contributed by atoms with E-state index in [4.69, 9.17) is 0 Å². The Hall–Kier alpha value is -2.79. The summed E-state index contributed by atoms with van der Waals surface area (Å²) in [5.74, 6) is 0. The zero-order valence-electron chi connectivity index (χ0n) is 14.2. The minimum Gasteiger partial charge on any atom is -0.355 e. The van der Waals surface area contributed by atoms with Crippen LogP contribution in [-0.4, -0.2) is 14.7 Å². The second-order valence-corrected chi connectivity index (χ2v) is 7.72. The van der Waals surface area contributed by atoms with Gasteiger partial charge in [-0.25, -0.2) is 8.42 Å². The van der Waals surface area contributed by atoms with Crippen LogP contribution in [0.25, 0.3) is 11.1 Å². The Bertz CT molecular complexity index is 966. The van der Waals surface area contributed by atoms with Crippen LogP contribution in [0.2, 0.25) is 0 Å². The van der Waals surface area contributed by atoms with E-state index in [1.54, 1.807) is 12.1 Å². The normalized spacial score (nSPS) is 11.1. The average Bonchev–Trinajstić information content (AvgIpc) is 2.57. The van der Waals surface area contributed by atoms with Crippen molar-refractivity contribution in [1.29, 1.82) is 0 Å². The summed E-state index contributed by atoms with van der Waals surface area (Å²) in [6.45, 7) is 2.06. The first-order valence-corrected chi connectivity index (χ1v) is 9.81. The molecule has 3 rings (SSSR count). The van der Waals surface area contributed by atoms with Crippen molar-refractivity contribution in [2.75, 3.05) is 16.3 Å². The van der Waals surface area contributed by atoms with Crippen molar-refractivity contribution >= 4 is 27.1 Å². The van der Waals surface area contributed by atoms with E-state index in [2.05, 4.69) is 35.2 Å². The Balaban J connectivity index is 1.86. The molecular formula is C20H20N2O2S. The predicted octanol–water partition coefficient (Wildman–Crippen LogP) is 4.78. The number of rotatable bonds is 5. The topological polar surface area (TPSA) is 58.2 Å². The first-order valence-electron chi connectivity index (χ1n) is 7.92. The lowest BCUT2D eigenvalue weighted by atomic mass is 10.0. The smallest absolute Gasteiger partial charge is 0.229 e. The molecule has 4 nitrogen and oxygen atoms in total. The molecule has 128 valence electrons. The van der Waals surface area contributed by atoms with E-state index in [1.807, 2.05) is 42.5 Å². The summed E-state index contributed by atoms with van der Waals surface area (Å²) in [6.07, 6.45) is 1.14. The molecule has 0 bridgehead atoms. The average molecular weight is 352 g/mol. The number of sulfonamides is 1. The number of hydrogen-bond donors (Lipinski definition) is 2. The van der Waals surface area contributed by atoms with E-state index in [1.165, 1.54) is 0 Å². The summed E-state index contributed by atoms with van der Waals surface area (Å²) in [4.78, 5) is 0. The lowest BCUT2D eigenvalue weighted by Gasteiger charge is -2.12. The third-order valence-electron chi connectivity index (χ3n) is 3.81. The molecule has 2 N–H and O–H groups in total. The van der Waals surface area contributed by atoms with Crippen molar-refractivity contribution in [3.05, 3.63) is 78.4 Å². The van der Waals surface area contributed by atoms with E-state index >= 15 is 0 Å². The molecule has 0 unspecified atom stereocenters. The van der Waals surface area contributed by atoms with Gasteiger partial charge < -0.3 is 5.32 Å². The lowest BCUT2D eigenvalue weighted by Crippen LogP contribution is -2.09. The van der Waals surface area contributed by atoms with Gasteiger partial charge in [-0.1, -0.05) is 42.5 Å². The third kappa shape index (κ3) is 4.61. The Labute approximate surface area is 148 Å². The van der Waals surface area contributed by atoms with Crippen LogP contribution in [0.5, 0.6) is 0 Å². The van der Waals surface area contributed by atoms with Crippen LogP contribution < -0.4 is 10.0 Å². The van der Waals surface area contributed by atoms with Crippen LogP contribution in [0, 0.1) is 6.92 Å². The molecule has 0 saturated heterocycles. The zero-order valence-corrected chi connectivity index (χ0v) is 15.0. The van der Waals surface area contributed by atoms with Gasteiger partial charge in [0, 0.05) is 17.1 Å². The van der Waals surface area contributed by atoms with Crippen molar-refractivity contribution in [2.45, 2.75) is 6.92 Å². The molecule has 0 aromatic heterocycles. The van der Waals surface area contributed by atoms with Gasteiger partial charge in [0.2, 0.25) is 10.0 Å². The van der Waals surface area contributed by atoms with Gasteiger partial charge in [0.15, 0.2) is 0 Å². The van der Waals surface area contributed by atoms with Gasteiger partial charge >= 0.3 is 0 Å². The molecular weight excluding hydrogens is 332 g/mol. The maximum absolute atomic E-state index is 11.3. The standard InChI is InChI=1S/C20H20N2O2S/c1-15-8-9-17(14-20(15)21-18-6-4-3-5-7-18)16-10-12-19(13-11-16)22-25(2,23)24/h3-14,21-22H,1-2H3. The zero-order chi connectivity index (χ0) is 17.9. The highest BCUT2D eigenvalue weighted by molar-refractivity contribution is 7.92. The lowest BCUT2D eigenvalue weighted by molar-refractivity contribution is 0.607. The Kier molecular flexibility index (Phi) is 4.76. The quantitative estimate of drug-likeness (QED) is 0.695. The highest BCUT2D eigenvalue weighted by Crippen LogP contribution is 2.28. The van der Waals surface area contributed by atoms with E-state index in [0.29, 0.717) is 5.69 Å². The molecule has 25 heavy (non-hydrogen) atoms. The first kappa shape index (κ1) is 17.0. The van der Waals surface area contributed by atoms with Crippen LogP contribution in [-0.2, 0) is 10.0 Å². The number of anilines is 3. The highest BCUT2D eigenvalue weighted by Gasteiger charge is 2.05. The van der Waals surface area contributed by atoms with Crippen LogP contribution >= 0.6 is 0 Å². The molecule has 0 heterocycles. The monoisotopic (exact) mass is 352 g/mol. The van der Waals surface area contributed by atoms with Crippen molar-refractivity contribution in [2.24, 2.45) is 0 Å². The van der Waals surface area contributed by atoms with E-state index in [-0.39, 0.29) is 0 Å². The van der Waals surface area contributed by atoms with E-state index in [0.717, 1.165) is 34.3 Å². The Morgan fingerprint density at radius 1 is 0.760 bits per heavy atom. The molecule has 0 aliphatic heterocycles. The van der Waals surface area contributed by atoms with Gasteiger partial charge in [0.05, 0.1) is 6.26 Å². The minimum atomic E-state index is -3.26. The number of para-hydroxylation sites is 1. The molecule has 3 aromatic rings. The molecule has 5 heteroatoms. The molecule has 0 atom stereocenters. The summed E-state index contributed by atoms with van der Waals surface area (Å²) < 4.78 is 25.1. The van der Waals surface area contributed by atoms with Crippen LogP contribution in [0.1, 0.15) is 5.56 Å². The van der Waals surface area contributed by atoms with Gasteiger partial charge in [-0.3, -0.25) is 4.72 Å². The van der Waals surface area contributed by atoms with Crippen LogP contribution in [0.15, 0.2) is 72.8 Å². The minimum absolute atomic E-state index is 0.556. The van der Waals surface area contributed by atoms with Gasteiger partial charge in [0.25, 0.3) is 0 Å². The summed E-state index contributed by atoms with van der Waals surface area (Å²) in [5.41, 5.74) is 5.88. The van der Waals surface area contributed by atoms with Crippen molar-refractivity contribution in [3.63, 3.8) is 0 Å². The molecule has 3 aromatic carbocycles. The molecule has 0 aliphatic rings. The number of nitrogens with one attached hydrogen (secondary N) is 2. The van der Waals surface area contributed by atoms with Crippen molar-refractivity contribution in [3.8, 4) is 11.1 Å². The van der Waals surface area contributed by atoms with E-state index in [9.17, 15) is 8.42 Å². The molecule has 0 fully saturated rings. The Morgan fingerprint density at radius 2 is 1.40 bits per heavy atom. The number of aryl methyl sites for hydroxylation is 1. The third-order valence-corrected chi connectivity index (χ3v) is 4.42. The molecule has 0 amide bonds. The fourth-order valence-electron chi connectivity index (χ4n) is 2.56. The van der Waals surface area contributed by atoms with Crippen LogP contribution in [0.4, 0.5) is 17.1 Å². The van der Waals surface area contributed by atoms with Gasteiger partial charge in [-0.05, 0) is 53.9 Å². The number of hydrogen-bond acceptors (Lipinski definition) is 3. The van der Waals surface area contributed by atoms with Crippen molar-refractivity contribution < 1.29 is 8.42 Å². The molecule has 0 aliphatic carbocycles. The van der Waals surface area contributed by atoms with Crippen molar-refractivity contribution in [1.82, 2.24) is 0 Å². The molecule has 0 radical (unpaired) electrons. The highest BCUT2D eigenvalue weighted by atomic mass is 32.2. The fraction of sp³-hybridized carbons (Fsp3) is 0.100. The summed E-state index contributed by atoms with van der Waals surface area (Å²) in [5, 5.41) is 3.43. The predicted molar refractivity (Wildman–Crippen MR) is 105 cm³/mol. The van der Waals surface area contributed by atoms with Gasteiger partial charge in [-0.15, -0.1) is 0 Å². The van der Waals surface area contributed by atoms with E-state index < -0.39 is 10.0 Å². The summed E-state index contributed by atoms with van der Waals surface area (Å²) in [6, 6.07) is 23.6. The second-order valence-electron chi connectivity index (χ2n) is 5.97. The maximum atomic E-state index is 11.3. The fourth-order valence-corrected chi connectivity index (χ4v) is 3.12. The Morgan fingerprint density at radius 3 is 2.04 bits per heavy atom. The first-order chi connectivity index (χ1) is 11.9. The number of benzene rings is 3.